The smallest absolute Gasteiger partial charge is 0.335 e. The van der Waals surface area contributed by atoms with Gasteiger partial charge in [0, 0.05) is 17.8 Å². The fourth-order valence-electron chi connectivity index (χ4n) is 3.36. The highest BCUT2D eigenvalue weighted by molar-refractivity contribution is 6.39. The maximum Gasteiger partial charge on any atom is 0.335 e. The highest BCUT2D eigenvalue weighted by Gasteiger charge is 2.37. The highest BCUT2D eigenvalue weighted by atomic mass is 19.1. The maximum atomic E-state index is 13.0. The topological polar surface area (TPSA) is 148 Å². The van der Waals surface area contributed by atoms with Crippen LogP contribution in [0.3, 0.4) is 0 Å². The van der Waals surface area contributed by atoms with Gasteiger partial charge in [0.25, 0.3) is 23.4 Å². The largest absolute Gasteiger partial charge is 0.484 e. The molecule has 1 fully saturated rings. The molecule has 0 bridgehead atoms. The predicted molar refractivity (Wildman–Crippen MR) is 129 cm³/mol. The summed E-state index contributed by atoms with van der Waals surface area (Å²) in [5, 5.41) is 15.5. The summed E-state index contributed by atoms with van der Waals surface area (Å²) in [6, 6.07) is 15.1. The molecular weight excluding hydrogens is 487 g/mol. The van der Waals surface area contributed by atoms with Gasteiger partial charge >= 0.3 is 6.03 Å². The Hall–Kier alpha value is -5.39. The normalized spacial score (nSPS) is 14.4. The van der Waals surface area contributed by atoms with Crippen molar-refractivity contribution < 1.29 is 33.2 Å². The first-order chi connectivity index (χ1) is 17.7. The van der Waals surface area contributed by atoms with Crippen LogP contribution in [0.4, 0.5) is 26.2 Å². The number of urea groups is 1. The van der Waals surface area contributed by atoms with Crippen LogP contribution in [0.1, 0.15) is 5.56 Å². The monoisotopic (exact) mass is 504 g/mol. The van der Waals surface area contributed by atoms with Crippen molar-refractivity contribution in [2.75, 3.05) is 16.8 Å². The summed E-state index contributed by atoms with van der Waals surface area (Å²) < 4.78 is 18.5. The van der Waals surface area contributed by atoms with Gasteiger partial charge < -0.3 is 10.1 Å². The van der Waals surface area contributed by atoms with Gasteiger partial charge in [0.05, 0.1) is 10.6 Å². The number of carbonyl (C=O) groups excluding carboxylic acids is 4. The van der Waals surface area contributed by atoms with Crippen LogP contribution >= 0.6 is 0 Å². The molecule has 3 aromatic rings. The average Bonchev–Trinajstić information content (AvgIpc) is 2.87. The van der Waals surface area contributed by atoms with E-state index in [9.17, 15) is 33.7 Å². The number of ether oxygens (including phenoxy) is 1. The molecule has 0 unspecified atom stereocenters. The van der Waals surface area contributed by atoms with Crippen molar-refractivity contribution in [1.29, 1.82) is 0 Å². The Balaban J connectivity index is 1.48. The van der Waals surface area contributed by atoms with Crippen molar-refractivity contribution >= 4 is 46.9 Å². The van der Waals surface area contributed by atoms with Gasteiger partial charge in [-0.3, -0.25) is 29.8 Å². The quantitative estimate of drug-likeness (QED) is 0.217. The third kappa shape index (κ3) is 5.82. The molecule has 0 aromatic heterocycles. The molecule has 1 heterocycles. The molecule has 0 radical (unpaired) electrons. The molecule has 2 N–H and O–H groups in total. The third-order valence-electron chi connectivity index (χ3n) is 5.09. The molecule has 5 amide bonds. The van der Waals surface area contributed by atoms with Crippen LogP contribution in [0.5, 0.6) is 5.75 Å². The minimum atomic E-state index is -0.995. The number of anilines is 2. The second-order valence-electron chi connectivity index (χ2n) is 7.65. The van der Waals surface area contributed by atoms with E-state index in [1.807, 2.05) is 0 Å². The minimum absolute atomic E-state index is 0.0377. The SMILES string of the molecule is O=C(COc1cccc(/C=C2/C(=O)NC(=O)N(c3ccc([N+](=O)[O-])cc3)C2=O)c1)Nc1ccc(F)cc1. The van der Waals surface area contributed by atoms with Crippen LogP contribution in [0.25, 0.3) is 6.08 Å². The van der Waals surface area contributed by atoms with Crippen LogP contribution in [0.2, 0.25) is 0 Å². The number of hydrogen-bond donors (Lipinski definition) is 2. The van der Waals surface area contributed by atoms with Crippen molar-refractivity contribution in [2.24, 2.45) is 0 Å². The zero-order valence-electron chi connectivity index (χ0n) is 18.8. The van der Waals surface area contributed by atoms with E-state index in [1.165, 1.54) is 48.5 Å². The summed E-state index contributed by atoms with van der Waals surface area (Å²) in [4.78, 5) is 60.7. The van der Waals surface area contributed by atoms with Crippen molar-refractivity contribution in [3.63, 3.8) is 0 Å². The number of hydrogen-bond acceptors (Lipinski definition) is 7. The fraction of sp³-hybridized carbons (Fsp3) is 0.0400. The number of nitrogens with zero attached hydrogens (tertiary/aromatic N) is 2. The van der Waals surface area contributed by atoms with E-state index in [4.69, 9.17) is 4.74 Å². The van der Waals surface area contributed by atoms with Gasteiger partial charge in [-0.25, -0.2) is 14.1 Å². The number of nitrogens with one attached hydrogen (secondary N) is 2. The number of nitro benzene ring substituents is 1. The fourth-order valence-corrected chi connectivity index (χ4v) is 3.36. The number of carbonyl (C=O) groups is 4. The number of benzene rings is 3. The number of imide groups is 2. The summed E-state index contributed by atoms with van der Waals surface area (Å²) in [6.45, 7) is -0.362. The number of amides is 5. The lowest BCUT2D eigenvalue weighted by atomic mass is 10.1. The van der Waals surface area contributed by atoms with Crippen molar-refractivity contribution in [2.45, 2.75) is 0 Å². The molecule has 0 aliphatic carbocycles. The van der Waals surface area contributed by atoms with E-state index in [0.29, 0.717) is 16.2 Å². The third-order valence-corrected chi connectivity index (χ3v) is 5.09. The molecule has 186 valence electrons. The number of non-ortho nitro benzene ring substituents is 1. The molecule has 4 rings (SSSR count). The van der Waals surface area contributed by atoms with E-state index >= 15 is 0 Å². The van der Waals surface area contributed by atoms with Gasteiger partial charge in [-0.1, -0.05) is 12.1 Å². The lowest BCUT2D eigenvalue weighted by Gasteiger charge is -2.26. The molecule has 1 aliphatic rings. The van der Waals surface area contributed by atoms with Gasteiger partial charge in [0.15, 0.2) is 6.61 Å². The number of halogens is 1. The van der Waals surface area contributed by atoms with Crippen LogP contribution in [0.15, 0.2) is 78.4 Å². The minimum Gasteiger partial charge on any atom is -0.484 e. The number of rotatable bonds is 7. The second kappa shape index (κ2) is 10.5. The molecule has 3 aromatic carbocycles. The van der Waals surface area contributed by atoms with Gasteiger partial charge in [-0.15, -0.1) is 0 Å². The molecule has 0 atom stereocenters. The van der Waals surface area contributed by atoms with Gasteiger partial charge in [0.1, 0.15) is 17.1 Å². The average molecular weight is 504 g/mol. The van der Waals surface area contributed by atoms with Crippen molar-refractivity contribution in [1.82, 2.24) is 5.32 Å². The van der Waals surface area contributed by atoms with Gasteiger partial charge in [-0.05, 0) is 60.2 Å². The van der Waals surface area contributed by atoms with Crippen molar-refractivity contribution in [3.8, 4) is 5.75 Å². The van der Waals surface area contributed by atoms with E-state index in [2.05, 4.69) is 10.6 Å². The zero-order valence-corrected chi connectivity index (χ0v) is 18.8. The Morgan fingerprint density at radius 3 is 2.43 bits per heavy atom. The first kappa shape index (κ1) is 24.7. The standard InChI is InChI=1S/C25H17FN4O7/c26-16-4-6-17(7-5-16)27-22(31)14-37-20-3-1-2-15(12-20)13-21-23(32)28-25(34)29(24(21)33)18-8-10-19(11-9-18)30(35)36/h1-13H,14H2,(H,27,31)(H,28,32,34)/b21-13-. The molecule has 37 heavy (non-hydrogen) atoms. The van der Waals surface area contributed by atoms with Crippen molar-refractivity contribution in [3.05, 3.63) is 99.9 Å². The second-order valence-corrected chi connectivity index (χ2v) is 7.65. The number of barbiturate groups is 1. The molecule has 1 aliphatic heterocycles. The molecule has 11 nitrogen and oxygen atoms in total. The first-order valence-electron chi connectivity index (χ1n) is 10.7. The zero-order chi connectivity index (χ0) is 26.5. The molecule has 1 saturated heterocycles. The summed E-state index contributed by atoms with van der Waals surface area (Å²) in [7, 11) is 0. The summed E-state index contributed by atoms with van der Waals surface area (Å²) in [5.41, 5.74) is 0.207. The Morgan fingerprint density at radius 1 is 1.05 bits per heavy atom. The lowest BCUT2D eigenvalue weighted by molar-refractivity contribution is -0.384. The van der Waals surface area contributed by atoms with Crippen LogP contribution in [-0.4, -0.2) is 35.3 Å². The summed E-state index contributed by atoms with van der Waals surface area (Å²) >= 11 is 0. The maximum absolute atomic E-state index is 13.0. The molecule has 0 saturated carbocycles. The first-order valence-corrected chi connectivity index (χ1v) is 10.7. The van der Waals surface area contributed by atoms with Crippen LogP contribution in [-0.2, 0) is 14.4 Å². The lowest BCUT2D eigenvalue weighted by Crippen LogP contribution is -2.54. The Labute approximate surface area is 208 Å². The Morgan fingerprint density at radius 2 is 1.76 bits per heavy atom. The molecular formula is C25H17FN4O7. The van der Waals surface area contributed by atoms with Crippen LogP contribution < -0.4 is 20.3 Å². The summed E-state index contributed by atoms with van der Waals surface area (Å²) in [5.74, 6) is -2.51. The highest BCUT2D eigenvalue weighted by Crippen LogP contribution is 2.25. The Bertz CT molecular complexity index is 1440. The van der Waals surface area contributed by atoms with Gasteiger partial charge in [-0.2, -0.15) is 0 Å². The van der Waals surface area contributed by atoms with Crippen LogP contribution in [0, 0.1) is 15.9 Å². The predicted octanol–water partition coefficient (Wildman–Crippen LogP) is 3.42. The number of nitro groups is 1. The Kier molecular flexibility index (Phi) is 7.00. The van der Waals surface area contributed by atoms with E-state index in [-0.39, 0.29) is 29.3 Å². The van der Waals surface area contributed by atoms with E-state index < -0.39 is 34.5 Å². The van der Waals surface area contributed by atoms with Gasteiger partial charge in [0.2, 0.25) is 0 Å². The summed E-state index contributed by atoms with van der Waals surface area (Å²) in [6.07, 6.45) is 1.24. The molecule has 12 heteroatoms. The molecule has 0 spiro atoms. The van der Waals surface area contributed by atoms with E-state index in [1.54, 1.807) is 18.2 Å². The van der Waals surface area contributed by atoms with E-state index in [0.717, 1.165) is 12.1 Å².